The van der Waals surface area contributed by atoms with Gasteiger partial charge in [-0.05, 0) is 55.1 Å². The molecule has 1 aromatic heterocycles. The summed E-state index contributed by atoms with van der Waals surface area (Å²) in [4.78, 5) is 25.4. The van der Waals surface area contributed by atoms with E-state index in [4.69, 9.17) is 0 Å². The van der Waals surface area contributed by atoms with Crippen LogP contribution in [0, 0.1) is 17.3 Å². The largest absolute Gasteiger partial charge is 0.347 e. The number of rotatable bonds is 0. The van der Waals surface area contributed by atoms with Gasteiger partial charge in [-0.15, -0.1) is 0 Å². The number of aromatic nitrogens is 3. The molecule has 0 amide bonds. The second kappa shape index (κ2) is 3.36. The summed E-state index contributed by atoms with van der Waals surface area (Å²) in [5.74, 6) is 1.40. The van der Waals surface area contributed by atoms with Crippen LogP contribution >= 0.6 is 0 Å². The lowest BCUT2D eigenvalue weighted by atomic mass is 9.73. The Morgan fingerprint density at radius 1 is 0.909 bits per heavy atom. The van der Waals surface area contributed by atoms with Crippen LogP contribution in [0.2, 0.25) is 0 Å². The summed E-state index contributed by atoms with van der Waals surface area (Å²) < 4.78 is 5.03. The molecule has 0 saturated heterocycles. The monoisotopic (exact) mass is 299 g/mol. The van der Waals surface area contributed by atoms with E-state index in [1.54, 1.807) is 18.2 Å². The normalized spacial score (nSPS) is 39.3. The Hall–Kier alpha value is -1.52. The third kappa shape index (κ3) is 0.965. The first-order chi connectivity index (χ1) is 10.6. The molecule has 0 N–H and O–H groups in total. The van der Waals surface area contributed by atoms with Gasteiger partial charge >= 0.3 is 11.4 Å². The molecular weight excluding hydrogens is 278 g/mol. The van der Waals surface area contributed by atoms with Gasteiger partial charge in [-0.2, -0.15) is 0 Å². The van der Waals surface area contributed by atoms with Crippen LogP contribution in [0.5, 0.6) is 0 Å². The van der Waals surface area contributed by atoms with E-state index in [1.807, 2.05) is 9.36 Å². The van der Waals surface area contributed by atoms with Gasteiger partial charge in [0.05, 0.1) is 12.1 Å². The third-order valence-corrected chi connectivity index (χ3v) is 7.55. The molecular formula is C17H21N3O2. The van der Waals surface area contributed by atoms with Crippen LogP contribution in [0.1, 0.15) is 57.0 Å². The topological polar surface area (TPSA) is 48.9 Å². The first-order valence-corrected chi connectivity index (χ1v) is 8.79. The molecule has 6 rings (SSSR count). The standard InChI is InChI=1S/C17H21N3O2/c1-18-15(21)19-13-11-9-4-5-10(8-9)12(11)14(20(19)16(18)22)17(13)6-2-3-7-17/h9-10,13-14H,2-8H2,1H3. The first kappa shape index (κ1) is 12.0. The molecule has 4 aliphatic carbocycles. The van der Waals surface area contributed by atoms with Gasteiger partial charge in [0.25, 0.3) is 0 Å². The van der Waals surface area contributed by atoms with Gasteiger partial charge < -0.3 is 0 Å². The zero-order valence-electron chi connectivity index (χ0n) is 12.9. The Kier molecular flexibility index (Phi) is 1.83. The lowest BCUT2D eigenvalue weighted by Gasteiger charge is -2.31. The maximum absolute atomic E-state index is 12.7. The van der Waals surface area contributed by atoms with Gasteiger partial charge in [-0.3, -0.25) is 0 Å². The minimum Gasteiger partial charge on any atom is -0.246 e. The maximum atomic E-state index is 12.7. The molecule has 2 saturated carbocycles. The van der Waals surface area contributed by atoms with Crippen molar-refractivity contribution in [2.45, 2.75) is 57.0 Å². The van der Waals surface area contributed by atoms with Crippen LogP contribution in [-0.2, 0) is 7.05 Å². The summed E-state index contributed by atoms with van der Waals surface area (Å²) in [6.45, 7) is 0. The highest BCUT2D eigenvalue weighted by Gasteiger charge is 2.68. The van der Waals surface area contributed by atoms with Crippen molar-refractivity contribution >= 4 is 0 Å². The van der Waals surface area contributed by atoms with E-state index in [9.17, 15) is 9.59 Å². The molecule has 0 radical (unpaired) electrons. The zero-order chi connectivity index (χ0) is 14.8. The van der Waals surface area contributed by atoms with Crippen LogP contribution in [0.3, 0.4) is 0 Å². The zero-order valence-corrected chi connectivity index (χ0v) is 12.9. The molecule has 1 aromatic rings. The summed E-state index contributed by atoms with van der Waals surface area (Å²) in [5, 5.41) is 0. The van der Waals surface area contributed by atoms with E-state index in [0.29, 0.717) is 11.8 Å². The molecule has 4 unspecified atom stereocenters. The summed E-state index contributed by atoms with van der Waals surface area (Å²) >= 11 is 0. The quantitative estimate of drug-likeness (QED) is 0.685. The molecule has 2 heterocycles. The highest BCUT2D eigenvalue weighted by atomic mass is 16.2. The number of nitrogens with zero attached hydrogens (tertiary/aromatic N) is 3. The van der Waals surface area contributed by atoms with Crippen LogP contribution in [-0.4, -0.2) is 13.9 Å². The van der Waals surface area contributed by atoms with E-state index < -0.39 is 0 Å². The van der Waals surface area contributed by atoms with Crippen molar-refractivity contribution < 1.29 is 0 Å². The number of hydrogen-bond donors (Lipinski definition) is 0. The Morgan fingerprint density at radius 2 is 1.41 bits per heavy atom. The fourth-order valence-corrected chi connectivity index (χ4v) is 6.92. The molecule has 5 aliphatic rings. The molecule has 1 spiro atoms. The Morgan fingerprint density at radius 3 is 1.91 bits per heavy atom. The summed E-state index contributed by atoms with van der Waals surface area (Å²) in [6.07, 6.45) is 8.76. The number of fused-ring (bicyclic) bond motifs is 9. The molecule has 116 valence electrons. The molecule has 5 heteroatoms. The molecule has 1 aliphatic heterocycles. The van der Waals surface area contributed by atoms with Crippen molar-refractivity contribution in [1.82, 2.24) is 13.9 Å². The van der Waals surface area contributed by atoms with Crippen LogP contribution in [0.25, 0.3) is 0 Å². The van der Waals surface area contributed by atoms with E-state index >= 15 is 0 Å². The minimum absolute atomic E-state index is 0.0990. The number of hydrogen-bond acceptors (Lipinski definition) is 2. The van der Waals surface area contributed by atoms with Crippen LogP contribution in [0.15, 0.2) is 20.7 Å². The van der Waals surface area contributed by atoms with Crippen molar-refractivity contribution in [2.24, 2.45) is 24.3 Å². The highest BCUT2D eigenvalue weighted by Crippen LogP contribution is 2.73. The summed E-state index contributed by atoms with van der Waals surface area (Å²) in [7, 11) is 1.63. The van der Waals surface area contributed by atoms with Crippen molar-refractivity contribution in [3.63, 3.8) is 0 Å². The van der Waals surface area contributed by atoms with Gasteiger partial charge in [0, 0.05) is 12.5 Å². The second-order valence-electron chi connectivity index (χ2n) is 8.18. The van der Waals surface area contributed by atoms with E-state index in [0.717, 1.165) is 0 Å². The SMILES string of the molecule is Cn1c(=O)n2n(c1=O)C1C3=C(C4CCC3C4)C2C12CCCC2. The summed E-state index contributed by atoms with van der Waals surface area (Å²) in [5.41, 5.74) is 3.15. The highest BCUT2D eigenvalue weighted by molar-refractivity contribution is 5.46. The van der Waals surface area contributed by atoms with E-state index in [1.165, 1.54) is 49.5 Å². The predicted octanol–water partition coefficient (Wildman–Crippen LogP) is 1.74. The van der Waals surface area contributed by atoms with Gasteiger partial charge in [-0.1, -0.05) is 12.8 Å². The van der Waals surface area contributed by atoms with Crippen molar-refractivity contribution in [1.29, 1.82) is 0 Å². The van der Waals surface area contributed by atoms with E-state index in [2.05, 4.69) is 0 Å². The van der Waals surface area contributed by atoms with Gasteiger partial charge in [0.15, 0.2) is 0 Å². The van der Waals surface area contributed by atoms with Crippen molar-refractivity contribution in [3.8, 4) is 0 Å². The average molecular weight is 299 g/mol. The van der Waals surface area contributed by atoms with Crippen molar-refractivity contribution in [2.75, 3.05) is 0 Å². The fourth-order valence-electron chi connectivity index (χ4n) is 6.92. The lowest BCUT2D eigenvalue weighted by molar-refractivity contribution is 0.210. The number of allylic oxidation sites excluding steroid dienone is 2. The maximum Gasteiger partial charge on any atom is 0.347 e. The minimum atomic E-state index is -0.0990. The predicted molar refractivity (Wildman–Crippen MR) is 80.8 cm³/mol. The fraction of sp³-hybridized carbons (Fsp3) is 0.765. The Bertz CT molecular complexity index is 800. The Labute approximate surface area is 128 Å². The summed E-state index contributed by atoms with van der Waals surface area (Å²) in [6, 6.07) is 0.401. The lowest BCUT2D eigenvalue weighted by Crippen LogP contribution is -2.35. The van der Waals surface area contributed by atoms with Gasteiger partial charge in [0.2, 0.25) is 0 Å². The first-order valence-electron chi connectivity index (χ1n) is 8.79. The van der Waals surface area contributed by atoms with Crippen LogP contribution < -0.4 is 11.4 Å². The molecule has 2 fully saturated rings. The van der Waals surface area contributed by atoms with E-state index in [-0.39, 0.29) is 28.9 Å². The molecule has 4 bridgehead atoms. The van der Waals surface area contributed by atoms with Crippen molar-refractivity contribution in [3.05, 3.63) is 32.1 Å². The molecule has 0 aromatic carbocycles. The molecule has 5 nitrogen and oxygen atoms in total. The smallest absolute Gasteiger partial charge is 0.246 e. The van der Waals surface area contributed by atoms with Gasteiger partial charge in [0.1, 0.15) is 0 Å². The molecule has 22 heavy (non-hydrogen) atoms. The van der Waals surface area contributed by atoms with Gasteiger partial charge in [-0.25, -0.2) is 23.5 Å². The third-order valence-electron chi connectivity index (χ3n) is 7.55. The van der Waals surface area contributed by atoms with Crippen LogP contribution in [0.4, 0.5) is 0 Å². The average Bonchev–Trinajstić information content (AvgIpc) is 3.32. The second-order valence-corrected chi connectivity index (χ2v) is 8.18. The molecule has 4 atom stereocenters. The Balaban J connectivity index is 1.70.